The summed E-state index contributed by atoms with van der Waals surface area (Å²) < 4.78 is 4.65. The molecule has 0 saturated heterocycles. The molecule has 0 radical (unpaired) electrons. The van der Waals surface area contributed by atoms with E-state index in [0.717, 1.165) is 0 Å². The lowest BCUT2D eigenvalue weighted by Crippen LogP contribution is -2.21. The highest BCUT2D eigenvalue weighted by atomic mass is 35.5. The predicted octanol–water partition coefficient (Wildman–Crippen LogP) is 3.83. The molecule has 0 unspecified atom stereocenters. The molecule has 0 heterocycles. The van der Waals surface area contributed by atoms with E-state index in [1.165, 1.54) is 7.11 Å². The number of carbonyl (C=O) groups is 2. The molecule has 0 aliphatic carbocycles. The second kappa shape index (κ2) is 7.85. The molecule has 0 aromatic heterocycles. The average Bonchev–Trinajstić information content (AvgIpc) is 2.51. The van der Waals surface area contributed by atoms with Crippen LogP contribution < -0.4 is 10.6 Å². The maximum atomic E-state index is 11.9. The van der Waals surface area contributed by atoms with Crippen molar-refractivity contribution < 1.29 is 14.3 Å². The van der Waals surface area contributed by atoms with Gasteiger partial charge in [0, 0.05) is 21.4 Å². The summed E-state index contributed by atoms with van der Waals surface area (Å²) in [4.78, 5) is 23.4. The van der Waals surface area contributed by atoms with Crippen LogP contribution in [0.5, 0.6) is 0 Å². The number of methoxy groups -OCH3 is 1. The first-order valence-corrected chi connectivity index (χ1v) is 7.42. The highest BCUT2D eigenvalue weighted by molar-refractivity contribution is 6.35. The molecule has 2 rings (SSSR count). The minimum Gasteiger partial charge on any atom is -0.465 e. The first kappa shape index (κ1) is 17.1. The van der Waals surface area contributed by atoms with Gasteiger partial charge in [0.2, 0.25) is 5.91 Å². The van der Waals surface area contributed by atoms with Crippen LogP contribution in [-0.2, 0) is 9.53 Å². The molecule has 0 bridgehead atoms. The van der Waals surface area contributed by atoms with Crippen molar-refractivity contribution in [2.75, 3.05) is 24.3 Å². The van der Waals surface area contributed by atoms with Crippen molar-refractivity contribution in [2.45, 2.75) is 0 Å². The summed E-state index contributed by atoms with van der Waals surface area (Å²) >= 11 is 11.7. The van der Waals surface area contributed by atoms with E-state index in [2.05, 4.69) is 15.4 Å². The lowest BCUT2D eigenvalue weighted by molar-refractivity contribution is -0.114. The van der Waals surface area contributed by atoms with Crippen LogP contribution in [0.4, 0.5) is 11.4 Å². The highest BCUT2D eigenvalue weighted by Crippen LogP contribution is 2.22. The number of benzene rings is 2. The standard InChI is InChI=1S/C16H14Cl2N2O3/c1-23-16(22)10-3-2-4-13(5-10)19-9-15(21)20-14-7-11(17)6-12(18)8-14/h2-8,19H,9H2,1H3,(H,20,21). The minimum atomic E-state index is -0.438. The first-order valence-electron chi connectivity index (χ1n) is 6.66. The zero-order valence-corrected chi connectivity index (χ0v) is 13.7. The maximum absolute atomic E-state index is 11.9. The van der Waals surface area contributed by atoms with Gasteiger partial charge in [-0.2, -0.15) is 0 Å². The summed E-state index contributed by atoms with van der Waals surface area (Å²) in [5.41, 5.74) is 1.55. The molecule has 120 valence electrons. The average molecular weight is 353 g/mol. The highest BCUT2D eigenvalue weighted by Gasteiger charge is 2.07. The van der Waals surface area contributed by atoms with Crippen LogP contribution in [0.1, 0.15) is 10.4 Å². The monoisotopic (exact) mass is 352 g/mol. The number of nitrogens with one attached hydrogen (secondary N) is 2. The molecule has 0 atom stereocenters. The van der Waals surface area contributed by atoms with Crippen molar-refractivity contribution in [3.05, 3.63) is 58.1 Å². The molecule has 2 aromatic rings. The molecule has 7 heteroatoms. The van der Waals surface area contributed by atoms with Crippen molar-refractivity contribution in [1.82, 2.24) is 0 Å². The number of anilines is 2. The second-order valence-electron chi connectivity index (χ2n) is 4.63. The van der Waals surface area contributed by atoms with Crippen LogP contribution in [0, 0.1) is 0 Å². The number of hydrogen-bond donors (Lipinski definition) is 2. The van der Waals surface area contributed by atoms with Gasteiger partial charge in [-0.25, -0.2) is 4.79 Å². The molecule has 0 spiro atoms. The van der Waals surface area contributed by atoms with Gasteiger partial charge in [0.15, 0.2) is 0 Å². The molecule has 2 N–H and O–H groups in total. The summed E-state index contributed by atoms with van der Waals surface area (Å²) in [5.74, 6) is -0.710. The van der Waals surface area contributed by atoms with Crippen molar-refractivity contribution in [2.24, 2.45) is 0 Å². The molecular formula is C16H14Cl2N2O3. The Bertz CT molecular complexity index is 715. The predicted molar refractivity (Wildman–Crippen MR) is 91.4 cm³/mol. The number of ether oxygens (including phenoxy) is 1. The molecule has 23 heavy (non-hydrogen) atoms. The molecule has 0 saturated carbocycles. The molecule has 5 nitrogen and oxygen atoms in total. The van der Waals surface area contributed by atoms with Crippen LogP contribution in [0.2, 0.25) is 10.0 Å². The fourth-order valence-electron chi connectivity index (χ4n) is 1.89. The SMILES string of the molecule is COC(=O)c1cccc(NCC(=O)Nc2cc(Cl)cc(Cl)c2)c1. The van der Waals surface area contributed by atoms with Crippen molar-refractivity contribution in [1.29, 1.82) is 0 Å². The smallest absolute Gasteiger partial charge is 0.337 e. The molecule has 1 amide bonds. The third-order valence-electron chi connectivity index (χ3n) is 2.88. The van der Waals surface area contributed by atoms with Gasteiger partial charge < -0.3 is 15.4 Å². The van der Waals surface area contributed by atoms with Gasteiger partial charge in [-0.3, -0.25) is 4.79 Å². The number of hydrogen-bond acceptors (Lipinski definition) is 4. The summed E-state index contributed by atoms with van der Waals surface area (Å²) in [6.45, 7) is 0.0226. The number of rotatable bonds is 5. The van der Waals surface area contributed by atoms with Crippen LogP contribution >= 0.6 is 23.2 Å². The van der Waals surface area contributed by atoms with Crippen LogP contribution in [0.15, 0.2) is 42.5 Å². The Balaban J connectivity index is 1.95. The maximum Gasteiger partial charge on any atom is 0.337 e. The van der Waals surface area contributed by atoms with E-state index in [0.29, 0.717) is 27.0 Å². The zero-order valence-electron chi connectivity index (χ0n) is 12.2. The quantitative estimate of drug-likeness (QED) is 0.802. The Hall–Kier alpha value is -2.24. The molecular weight excluding hydrogens is 339 g/mol. The van der Waals surface area contributed by atoms with Crippen molar-refractivity contribution >= 4 is 46.5 Å². The molecule has 0 fully saturated rings. The molecule has 0 aliphatic heterocycles. The van der Waals surface area contributed by atoms with Gasteiger partial charge in [-0.1, -0.05) is 29.3 Å². The topological polar surface area (TPSA) is 67.4 Å². The van der Waals surface area contributed by atoms with E-state index in [1.54, 1.807) is 42.5 Å². The fraction of sp³-hybridized carbons (Fsp3) is 0.125. The fourth-order valence-corrected chi connectivity index (χ4v) is 2.41. The normalized spacial score (nSPS) is 10.0. The number of amides is 1. The zero-order chi connectivity index (χ0) is 16.8. The van der Waals surface area contributed by atoms with E-state index in [1.807, 2.05) is 0 Å². The van der Waals surface area contributed by atoms with Gasteiger partial charge in [-0.15, -0.1) is 0 Å². The van der Waals surface area contributed by atoms with Gasteiger partial charge in [0.1, 0.15) is 0 Å². The van der Waals surface area contributed by atoms with Crippen LogP contribution in [0.25, 0.3) is 0 Å². The Morgan fingerprint density at radius 3 is 2.39 bits per heavy atom. The lowest BCUT2D eigenvalue weighted by atomic mass is 10.2. The third kappa shape index (κ3) is 5.16. The largest absolute Gasteiger partial charge is 0.465 e. The minimum absolute atomic E-state index is 0.0226. The summed E-state index contributed by atoms with van der Waals surface area (Å²) in [6.07, 6.45) is 0. The summed E-state index contributed by atoms with van der Waals surface area (Å²) in [6, 6.07) is 11.5. The Morgan fingerprint density at radius 2 is 1.74 bits per heavy atom. The molecule has 2 aromatic carbocycles. The van der Waals surface area contributed by atoms with Crippen molar-refractivity contribution in [3.8, 4) is 0 Å². The molecule has 0 aliphatic rings. The van der Waals surface area contributed by atoms with Crippen LogP contribution in [0.3, 0.4) is 0 Å². The second-order valence-corrected chi connectivity index (χ2v) is 5.51. The number of carbonyl (C=O) groups excluding carboxylic acids is 2. The van der Waals surface area contributed by atoms with E-state index in [4.69, 9.17) is 23.2 Å². The van der Waals surface area contributed by atoms with Gasteiger partial charge in [0.05, 0.1) is 19.2 Å². The third-order valence-corrected chi connectivity index (χ3v) is 3.32. The van der Waals surface area contributed by atoms with E-state index in [9.17, 15) is 9.59 Å². The number of halogens is 2. The van der Waals surface area contributed by atoms with Crippen molar-refractivity contribution in [3.63, 3.8) is 0 Å². The Labute approximate surface area is 143 Å². The lowest BCUT2D eigenvalue weighted by Gasteiger charge is -2.09. The van der Waals surface area contributed by atoms with Gasteiger partial charge in [-0.05, 0) is 36.4 Å². The summed E-state index contributed by atoms with van der Waals surface area (Å²) in [7, 11) is 1.31. The Morgan fingerprint density at radius 1 is 1.04 bits per heavy atom. The summed E-state index contributed by atoms with van der Waals surface area (Å²) in [5, 5.41) is 6.48. The van der Waals surface area contributed by atoms with E-state index in [-0.39, 0.29) is 12.5 Å². The van der Waals surface area contributed by atoms with E-state index >= 15 is 0 Å². The first-order chi connectivity index (χ1) is 11.0. The van der Waals surface area contributed by atoms with Gasteiger partial charge >= 0.3 is 5.97 Å². The van der Waals surface area contributed by atoms with E-state index < -0.39 is 5.97 Å². The Kier molecular flexibility index (Phi) is 5.84. The van der Waals surface area contributed by atoms with Gasteiger partial charge in [0.25, 0.3) is 0 Å². The van der Waals surface area contributed by atoms with Crippen LogP contribution in [-0.4, -0.2) is 25.5 Å². The number of esters is 1.